The van der Waals surface area contributed by atoms with Gasteiger partial charge in [-0.3, -0.25) is 4.68 Å². The summed E-state index contributed by atoms with van der Waals surface area (Å²) in [7, 11) is 0. The van der Waals surface area contributed by atoms with E-state index in [1.54, 1.807) is 0 Å². The van der Waals surface area contributed by atoms with Crippen molar-refractivity contribution in [3.05, 3.63) is 16.0 Å². The lowest BCUT2D eigenvalue weighted by atomic mass is 10.2. The summed E-state index contributed by atoms with van der Waals surface area (Å²) in [6.07, 6.45) is 5.80. The molecule has 0 aliphatic heterocycles. The molecule has 1 heterocycles. The molecule has 86 valence electrons. The number of aromatic nitrogens is 2. The number of aliphatic hydroxyl groups excluding tert-OH is 1. The molecule has 0 bridgehead atoms. The fourth-order valence-corrected chi connectivity index (χ4v) is 1.82. The van der Waals surface area contributed by atoms with E-state index in [1.807, 2.05) is 10.9 Å². The van der Waals surface area contributed by atoms with Crippen LogP contribution in [-0.4, -0.2) is 34.6 Å². The van der Waals surface area contributed by atoms with E-state index in [0.717, 1.165) is 25.9 Å². The third-order valence-electron chi connectivity index (χ3n) is 2.31. The lowest BCUT2D eigenvalue weighted by molar-refractivity contribution is 0.283. The van der Waals surface area contributed by atoms with Gasteiger partial charge < -0.3 is 10.4 Å². The van der Waals surface area contributed by atoms with Crippen molar-refractivity contribution in [3.8, 4) is 0 Å². The maximum absolute atomic E-state index is 8.65. The highest BCUT2D eigenvalue weighted by molar-refractivity contribution is 14.1. The first kappa shape index (κ1) is 12.9. The van der Waals surface area contributed by atoms with Crippen molar-refractivity contribution in [1.82, 2.24) is 15.1 Å². The van der Waals surface area contributed by atoms with Gasteiger partial charge in [-0.2, -0.15) is 5.10 Å². The van der Waals surface area contributed by atoms with Gasteiger partial charge in [0.15, 0.2) is 0 Å². The van der Waals surface area contributed by atoms with Crippen molar-refractivity contribution in [2.75, 3.05) is 19.7 Å². The Morgan fingerprint density at radius 3 is 3.00 bits per heavy atom. The van der Waals surface area contributed by atoms with Crippen molar-refractivity contribution in [1.29, 1.82) is 0 Å². The Morgan fingerprint density at radius 2 is 2.47 bits per heavy atom. The first-order valence-corrected chi connectivity index (χ1v) is 6.37. The Bertz CT molecular complexity index is 277. The molecule has 0 spiro atoms. The van der Waals surface area contributed by atoms with Crippen molar-refractivity contribution < 1.29 is 5.11 Å². The van der Waals surface area contributed by atoms with Crippen LogP contribution in [0.3, 0.4) is 0 Å². The number of hydrogen-bond acceptors (Lipinski definition) is 3. The van der Waals surface area contributed by atoms with Gasteiger partial charge in [0, 0.05) is 19.3 Å². The fraction of sp³-hybridized carbons (Fsp3) is 0.700. The van der Waals surface area contributed by atoms with Crippen molar-refractivity contribution in [2.24, 2.45) is 0 Å². The Kier molecular flexibility index (Phi) is 6.19. The second-order valence-electron chi connectivity index (χ2n) is 3.48. The van der Waals surface area contributed by atoms with Crippen LogP contribution >= 0.6 is 22.6 Å². The molecule has 0 amide bonds. The van der Waals surface area contributed by atoms with Gasteiger partial charge in [0.1, 0.15) is 0 Å². The molecule has 1 rings (SSSR count). The van der Waals surface area contributed by atoms with E-state index in [4.69, 9.17) is 5.11 Å². The lowest BCUT2D eigenvalue weighted by Crippen LogP contribution is -2.26. The Morgan fingerprint density at radius 1 is 1.67 bits per heavy atom. The molecule has 0 aliphatic rings. The van der Waals surface area contributed by atoms with E-state index >= 15 is 0 Å². The zero-order valence-corrected chi connectivity index (χ0v) is 11.1. The number of nitrogens with one attached hydrogen (secondary N) is 1. The monoisotopic (exact) mass is 323 g/mol. The van der Waals surface area contributed by atoms with Gasteiger partial charge in [-0.05, 0) is 42.0 Å². The molecular weight excluding hydrogens is 305 g/mol. The summed E-state index contributed by atoms with van der Waals surface area (Å²) >= 11 is 2.26. The Balaban J connectivity index is 2.35. The van der Waals surface area contributed by atoms with Crippen molar-refractivity contribution >= 4 is 22.6 Å². The number of hydrogen-bond donors (Lipinski definition) is 2. The summed E-state index contributed by atoms with van der Waals surface area (Å²) in [5.41, 5.74) is 0. The van der Waals surface area contributed by atoms with E-state index in [0.29, 0.717) is 6.04 Å². The maximum Gasteiger partial charge on any atom is 0.0641 e. The van der Waals surface area contributed by atoms with E-state index in [-0.39, 0.29) is 6.61 Å². The summed E-state index contributed by atoms with van der Waals surface area (Å²) < 4.78 is 3.18. The summed E-state index contributed by atoms with van der Waals surface area (Å²) in [6, 6.07) is 0.409. The molecule has 1 unspecified atom stereocenters. The number of rotatable bonds is 7. The molecule has 1 atom stereocenters. The van der Waals surface area contributed by atoms with Crippen LogP contribution in [0.25, 0.3) is 0 Å². The predicted molar refractivity (Wildman–Crippen MR) is 68.8 cm³/mol. The molecule has 0 aliphatic carbocycles. The molecule has 1 aromatic rings. The van der Waals surface area contributed by atoms with Gasteiger partial charge in [0.2, 0.25) is 0 Å². The van der Waals surface area contributed by atoms with Crippen LogP contribution in [0, 0.1) is 3.57 Å². The molecular formula is C10H18IN3O. The van der Waals surface area contributed by atoms with E-state index in [1.165, 1.54) is 3.57 Å². The highest BCUT2D eigenvalue weighted by atomic mass is 127. The van der Waals surface area contributed by atoms with Crippen LogP contribution in [-0.2, 0) is 0 Å². The highest BCUT2D eigenvalue weighted by Gasteiger charge is 2.08. The van der Waals surface area contributed by atoms with Crippen LogP contribution in [0.5, 0.6) is 0 Å². The van der Waals surface area contributed by atoms with Gasteiger partial charge in [-0.15, -0.1) is 0 Å². The zero-order valence-electron chi connectivity index (χ0n) is 8.99. The van der Waals surface area contributed by atoms with E-state index < -0.39 is 0 Å². The summed E-state index contributed by atoms with van der Waals surface area (Å²) in [4.78, 5) is 0. The third kappa shape index (κ3) is 4.48. The Hall–Kier alpha value is -0.140. The quantitative estimate of drug-likeness (QED) is 0.589. The first-order chi connectivity index (χ1) is 7.27. The topological polar surface area (TPSA) is 50.1 Å². The third-order valence-corrected chi connectivity index (χ3v) is 2.86. The van der Waals surface area contributed by atoms with Crippen molar-refractivity contribution in [3.63, 3.8) is 0 Å². The predicted octanol–water partition coefficient (Wildman–Crippen LogP) is 1.41. The molecule has 0 fully saturated rings. The number of halogens is 1. The molecule has 15 heavy (non-hydrogen) atoms. The lowest BCUT2D eigenvalue weighted by Gasteiger charge is -2.16. The largest absolute Gasteiger partial charge is 0.396 e. The van der Waals surface area contributed by atoms with Crippen molar-refractivity contribution in [2.45, 2.75) is 25.8 Å². The first-order valence-electron chi connectivity index (χ1n) is 5.29. The van der Waals surface area contributed by atoms with Crippen LogP contribution in [0.15, 0.2) is 12.4 Å². The van der Waals surface area contributed by atoms with E-state index in [2.05, 4.69) is 46.1 Å². The van der Waals surface area contributed by atoms with Gasteiger partial charge >= 0.3 is 0 Å². The zero-order chi connectivity index (χ0) is 11.1. The molecule has 4 nitrogen and oxygen atoms in total. The van der Waals surface area contributed by atoms with Gasteiger partial charge in [-0.25, -0.2) is 0 Å². The molecule has 2 N–H and O–H groups in total. The maximum atomic E-state index is 8.65. The molecule has 5 heteroatoms. The number of nitrogens with zero attached hydrogens (tertiary/aromatic N) is 2. The van der Waals surface area contributed by atoms with Crippen LogP contribution in [0.2, 0.25) is 0 Å². The average molecular weight is 323 g/mol. The van der Waals surface area contributed by atoms with Gasteiger partial charge in [-0.1, -0.05) is 6.92 Å². The second-order valence-corrected chi connectivity index (χ2v) is 4.73. The fourth-order valence-electron chi connectivity index (χ4n) is 1.41. The second kappa shape index (κ2) is 7.19. The molecule has 0 saturated heterocycles. The normalized spacial score (nSPS) is 13.0. The molecule has 0 saturated carbocycles. The van der Waals surface area contributed by atoms with Crippen LogP contribution in [0.1, 0.15) is 25.8 Å². The summed E-state index contributed by atoms with van der Waals surface area (Å²) in [5, 5.41) is 16.3. The molecule has 0 aromatic carbocycles. The van der Waals surface area contributed by atoms with Crippen LogP contribution in [0.4, 0.5) is 0 Å². The number of aliphatic hydroxyl groups is 1. The summed E-state index contributed by atoms with van der Waals surface area (Å²) in [5.74, 6) is 0. The highest BCUT2D eigenvalue weighted by Crippen LogP contribution is 2.11. The van der Waals surface area contributed by atoms with E-state index in [9.17, 15) is 0 Å². The smallest absolute Gasteiger partial charge is 0.0641 e. The molecule has 1 aromatic heterocycles. The summed E-state index contributed by atoms with van der Waals surface area (Å²) in [6.45, 7) is 4.19. The van der Waals surface area contributed by atoms with Gasteiger partial charge in [0.05, 0.1) is 15.8 Å². The minimum Gasteiger partial charge on any atom is -0.396 e. The molecule has 0 radical (unpaired) electrons. The van der Waals surface area contributed by atoms with Gasteiger partial charge in [0.25, 0.3) is 0 Å². The standard InChI is InChI=1S/C10H18IN3O/c1-2-10(7-12-4-3-5-15)14-8-9(11)6-13-14/h6,8,10,12,15H,2-5,7H2,1H3. The minimum absolute atomic E-state index is 0.253. The Labute approximate surface area is 104 Å². The SMILES string of the molecule is CCC(CNCCCO)n1cc(I)cn1. The average Bonchev–Trinajstić information content (AvgIpc) is 2.65. The minimum atomic E-state index is 0.253. The van der Waals surface area contributed by atoms with Crippen LogP contribution < -0.4 is 5.32 Å².